The predicted octanol–water partition coefficient (Wildman–Crippen LogP) is 1.14. The maximum Gasteiger partial charge on any atom is 0.234 e. The van der Waals surface area contributed by atoms with Crippen LogP contribution < -0.4 is 5.32 Å². The zero-order valence-electron chi connectivity index (χ0n) is 11.3. The van der Waals surface area contributed by atoms with Gasteiger partial charge in [-0.3, -0.25) is 9.69 Å². The van der Waals surface area contributed by atoms with Crippen LogP contribution in [0.25, 0.3) is 0 Å². The molecule has 0 bridgehead atoms. The van der Waals surface area contributed by atoms with Gasteiger partial charge in [0, 0.05) is 12.1 Å². The monoisotopic (exact) mass is 242 g/mol. The zero-order chi connectivity index (χ0) is 12.8. The highest BCUT2D eigenvalue weighted by molar-refractivity contribution is 5.78. The highest BCUT2D eigenvalue weighted by atomic mass is 16.3. The molecular formula is C13H26N2O2. The van der Waals surface area contributed by atoms with Crippen LogP contribution in [0.15, 0.2) is 0 Å². The molecule has 4 nitrogen and oxygen atoms in total. The Morgan fingerprint density at radius 3 is 2.59 bits per heavy atom. The lowest BCUT2D eigenvalue weighted by molar-refractivity contribution is -0.124. The van der Waals surface area contributed by atoms with E-state index < -0.39 is 0 Å². The molecule has 0 aromatic heterocycles. The first-order valence-corrected chi connectivity index (χ1v) is 6.76. The van der Waals surface area contributed by atoms with Gasteiger partial charge in [0.15, 0.2) is 0 Å². The van der Waals surface area contributed by atoms with Crippen molar-refractivity contribution in [1.82, 2.24) is 10.2 Å². The van der Waals surface area contributed by atoms with E-state index in [-0.39, 0.29) is 24.1 Å². The molecule has 0 saturated heterocycles. The third kappa shape index (κ3) is 4.64. The van der Waals surface area contributed by atoms with Gasteiger partial charge in [0.2, 0.25) is 5.91 Å². The van der Waals surface area contributed by atoms with Crippen LogP contribution in [-0.4, -0.2) is 47.2 Å². The van der Waals surface area contributed by atoms with Gasteiger partial charge in [0.1, 0.15) is 0 Å². The van der Waals surface area contributed by atoms with Crippen LogP contribution in [0.3, 0.4) is 0 Å². The molecule has 1 fully saturated rings. The highest BCUT2D eigenvalue weighted by Gasteiger charge is 2.28. The second-order valence-electron chi connectivity index (χ2n) is 5.20. The Balaban J connectivity index is 2.49. The molecule has 0 aliphatic heterocycles. The molecule has 0 aromatic carbocycles. The second-order valence-corrected chi connectivity index (χ2v) is 5.20. The summed E-state index contributed by atoms with van der Waals surface area (Å²) in [6, 6.07) is 0.337. The maximum atomic E-state index is 11.7. The lowest BCUT2D eigenvalue weighted by Gasteiger charge is -2.36. The van der Waals surface area contributed by atoms with Gasteiger partial charge < -0.3 is 10.4 Å². The first-order chi connectivity index (χ1) is 8.04. The van der Waals surface area contributed by atoms with Gasteiger partial charge in [-0.2, -0.15) is 0 Å². The second kappa shape index (κ2) is 6.97. The minimum Gasteiger partial charge on any atom is -0.391 e. The Kier molecular flexibility index (Phi) is 5.92. The third-order valence-corrected chi connectivity index (χ3v) is 3.37. The number of hydrogen-bond donors (Lipinski definition) is 2. The van der Waals surface area contributed by atoms with Crippen molar-refractivity contribution in [1.29, 1.82) is 0 Å². The van der Waals surface area contributed by atoms with Crippen LogP contribution in [0, 0.1) is 0 Å². The van der Waals surface area contributed by atoms with Crippen molar-refractivity contribution in [3.8, 4) is 0 Å². The Labute approximate surface area is 104 Å². The van der Waals surface area contributed by atoms with Crippen molar-refractivity contribution in [2.45, 2.75) is 64.6 Å². The molecule has 0 heterocycles. The quantitative estimate of drug-likeness (QED) is 0.760. The van der Waals surface area contributed by atoms with Crippen molar-refractivity contribution in [2.75, 3.05) is 13.1 Å². The Morgan fingerprint density at radius 1 is 1.41 bits per heavy atom. The van der Waals surface area contributed by atoms with E-state index in [2.05, 4.69) is 10.2 Å². The average molecular weight is 242 g/mol. The summed E-state index contributed by atoms with van der Waals surface area (Å²) in [5, 5.41) is 12.9. The molecular weight excluding hydrogens is 216 g/mol. The molecule has 0 radical (unpaired) electrons. The number of rotatable bonds is 5. The van der Waals surface area contributed by atoms with Gasteiger partial charge in [0.05, 0.1) is 12.6 Å². The van der Waals surface area contributed by atoms with E-state index in [1.165, 1.54) is 0 Å². The fraction of sp³-hybridized carbons (Fsp3) is 0.923. The molecule has 1 aliphatic rings. The molecule has 0 aromatic rings. The Hall–Kier alpha value is -0.610. The van der Waals surface area contributed by atoms with Gasteiger partial charge in [-0.15, -0.1) is 0 Å². The SMILES string of the molecule is CCN(CC(=O)NC(C)C)C1CCCCC1O. The van der Waals surface area contributed by atoms with E-state index in [9.17, 15) is 9.90 Å². The predicted molar refractivity (Wildman–Crippen MR) is 68.8 cm³/mol. The highest BCUT2D eigenvalue weighted by Crippen LogP contribution is 2.22. The first-order valence-electron chi connectivity index (χ1n) is 6.76. The van der Waals surface area contributed by atoms with Crippen molar-refractivity contribution < 1.29 is 9.90 Å². The van der Waals surface area contributed by atoms with Crippen LogP contribution in [-0.2, 0) is 4.79 Å². The smallest absolute Gasteiger partial charge is 0.234 e. The zero-order valence-corrected chi connectivity index (χ0v) is 11.3. The van der Waals surface area contributed by atoms with Gasteiger partial charge >= 0.3 is 0 Å². The molecule has 1 saturated carbocycles. The summed E-state index contributed by atoms with van der Waals surface area (Å²) in [6.45, 7) is 7.18. The summed E-state index contributed by atoms with van der Waals surface area (Å²) >= 11 is 0. The van der Waals surface area contributed by atoms with E-state index >= 15 is 0 Å². The topological polar surface area (TPSA) is 52.6 Å². The summed E-state index contributed by atoms with van der Waals surface area (Å²) in [4.78, 5) is 13.8. The van der Waals surface area contributed by atoms with Crippen LogP contribution >= 0.6 is 0 Å². The van der Waals surface area contributed by atoms with Gasteiger partial charge in [-0.25, -0.2) is 0 Å². The fourth-order valence-electron chi connectivity index (χ4n) is 2.53. The summed E-state index contributed by atoms with van der Waals surface area (Å²) in [5.74, 6) is 0.0552. The van der Waals surface area contributed by atoms with Crippen LogP contribution in [0.2, 0.25) is 0 Å². The molecule has 100 valence electrons. The standard InChI is InChI=1S/C13H26N2O2/c1-4-15(9-13(17)14-10(2)3)11-7-5-6-8-12(11)16/h10-12,16H,4-9H2,1-3H3,(H,14,17). The van der Waals surface area contributed by atoms with Crippen molar-refractivity contribution in [2.24, 2.45) is 0 Å². The molecule has 2 unspecified atom stereocenters. The van der Waals surface area contributed by atoms with Gasteiger partial charge in [-0.05, 0) is 33.2 Å². The van der Waals surface area contributed by atoms with E-state index in [0.717, 1.165) is 32.2 Å². The molecule has 1 amide bonds. The number of likely N-dealkylation sites (N-methyl/N-ethyl adjacent to an activating group) is 1. The molecule has 1 rings (SSSR count). The Morgan fingerprint density at radius 2 is 2.06 bits per heavy atom. The number of hydrogen-bond acceptors (Lipinski definition) is 3. The third-order valence-electron chi connectivity index (χ3n) is 3.37. The summed E-state index contributed by atoms with van der Waals surface area (Å²) in [7, 11) is 0. The van der Waals surface area contributed by atoms with Gasteiger partial charge in [0.25, 0.3) is 0 Å². The van der Waals surface area contributed by atoms with Crippen molar-refractivity contribution in [3.63, 3.8) is 0 Å². The van der Waals surface area contributed by atoms with Crippen molar-refractivity contribution in [3.05, 3.63) is 0 Å². The number of carbonyl (C=O) groups excluding carboxylic acids is 1. The number of amides is 1. The molecule has 17 heavy (non-hydrogen) atoms. The minimum atomic E-state index is -0.268. The molecule has 1 aliphatic carbocycles. The van der Waals surface area contributed by atoms with Crippen LogP contribution in [0.5, 0.6) is 0 Å². The number of aliphatic hydroxyl groups is 1. The normalized spacial score (nSPS) is 25.3. The summed E-state index contributed by atoms with van der Waals surface area (Å²) in [6.07, 6.45) is 3.87. The number of nitrogens with zero attached hydrogens (tertiary/aromatic N) is 1. The number of nitrogens with one attached hydrogen (secondary N) is 1. The largest absolute Gasteiger partial charge is 0.391 e. The van der Waals surface area contributed by atoms with E-state index in [0.29, 0.717) is 6.54 Å². The summed E-state index contributed by atoms with van der Waals surface area (Å²) < 4.78 is 0. The number of aliphatic hydroxyl groups excluding tert-OH is 1. The van der Waals surface area contributed by atoms with Crippen LogP contribution in [0.1, 0.15) is 46.5 Å². The first kappa shape index (κ1) is 14.5. The molecule has 2 atom stereocenters. The Bertz CT molecular complexity index is 244. The lowest BCUT2D eigenvalue weighted by Crippen LogP contribution is -2.50. The maximum absolute atomic E-state index is 11.7. The van der Waals surface area contributed by atoms with Crippen LogP contribution in [0.4, 0.5) is 0 Å². The van der Waals surface area contributed by atoms with Gasteiger partial charge in [-0.1, -0.05) is 19.8 Å². The average Bonchev–Trinajstić information content (AvgIpc) is 2.26. The van der Waals surface area contributed by atoms with E-state index in [1.807, 2.05) is 20.8 Å². The molecule has 0 spiro atoms. The van der Waals surface area contributed by atoms with E-state index in [1.54, 1.807) is 0 Å². The molecule has 2 N–H and O–H groups in total. The van der Waals surface area contributed by atoms with Crippen molar-refractivity contribution >= 4 is 5.91 Å². The van der Waals surface area contributed by atoms with E-state index in [4.69, 9.17) is 0 Å². The fourth-order valence-corrected chi connectivity index (χ4v) is 2.53. The lowest BCUT2D eigenvalue weighted by atomic mass is 9.91. The number of carbonyl (C=O) groups is 1. The summed E-state index contributed by atoms with van der Waals surface area (Å²) in [5.41, 5.74) is 0. The minimum absolute atomic E-state index is 0.0552. The molecule has 4 heteroatoms.